The summed E-state index contributed by atoms with van der Waals surface area (Å²) < 4.78 is 0. The van der Waals surface area contributed by atoms with Crippen LogP contribution in [0.4, 0.5) is 5.82 Å². The second-order valence-corrected chi connectivity index (χ2v) is 6.82. The number of hydrogen-bond acceptors (Lipinski definition) is 4. The van der Waals surface area contributed by atoms with E-state index in [1.807, 2.05) is 50.2 Å². The molecule has 3 rings (SSSR count). The maximum Gasteiger partial charge on any atom is 0.272 e. The molecule has 0 aliphatic carbocycles. The molecule has 0 spiro atoms. The Labute approximate surface area is 172 Å². The summed E-state index contributed by atoms with van der Waals surface area (Å²) in [5.74, 6) is 1.18. The number of carbonyl (C=O) groups is 1. The standard InChI is InChI=1S/C24H28N4O/c1-3-28(4-2)24(29)21-18-22(25-17-11-14-19-12-7-5-8-13-19)27-23(26-21)20-15-9-6-10-16-20/h5-10,12-13,15-16,18H,3-4,11,14,17H2,1-2H3,(H,25,26,27). The van der Waals surface area contributed by atoms with E-state index < -0.39 is 0 Å². The zero-order valence-corrected chi connectivity index (χ0v) is 17.1. The van der Waals surface area contributed by atoms with E-state index in [2.05, 4.69) is 39.6 Å². The van der Waals surface area contributed by atoms with Gasteiger partial charge in [0, 0.05) is 31.3 Å². The fourth-order valence-electron chi connectivity index (χ4n) is 3.19. The van der Waals surface area contributed by atoms with Crippen molar-refractivity contribution in [3.63, 3.8) is 0 Å². The number of aryl methyl sites for hydroxylation is 1. The summed E-state index contributed by atoms with van der Waals surface area (Å²) in [5.41, 5.74) is 2.64. The van der Waals surface area contributed by atoms with Crippen molar-refractivity contribution in [3.05, 3.63) is 78.0 Å². The Morgan fingerprint density at radius 3 is 2.24 bits per heavy atom. The molecule has 1 heterocycles. The molecular formula is C24H28N4O. The Morgan fingerprint density at radius 1 is 0.931 bits per heavy atom. The first-order chi connectivity index (χ1) is 14.2. The van der Waals surface area contributed by atoms with Gasteiger partial charge in [-0.25, -0.2) is 9.97 Å². The van der Waals surface area contributed by atoms with Crippen LogP contribution in [0.15, 0.2) is 66.7 Å². The molecule has 1 N–H and O–H groups in total. The molecule has 0 unspecified atom stereocenters. The molecule has 0 saturated carbocycles. The number of hydrogen-bond donors (Lipinski definition) is 1. The molecule has 150 valence electrons. The van der Waals surface area contributed by atoms with Gasteiger partial charge in [-0.05, 0) is 32.3 Å². The van der Waals surface area contributed by atoms with Crippen molar-refractivity contribution < 1.29 is 4.79 Å². The summed E-state index contributed by atoms with van der Waals surface area (Å²) in [7, 11) is 0. The minimum Gasteiger partial charge on any atom is -0.370 e. The molecule has 0 atom stereocenters. The maximum absolute atomic E-state index is 12.9. The lowest BCUT2D eigenvalue weighted by atomic mass is 10.1. The highest BCUT2D eigenvalue weighted by molar-refractivity contribution is 5.93. The van der Waals surface area contributed by atoms with E-state index in [-0.39, 0.29) is 5.91 Å². The first-order valence-corrected chi connectivity index (χ1v) is 10.2. The van der Waals surface area contributed by atoms with E-state index in [0.717, 1.165) is 24.9 Å². The normalized spacial score (nSPS) is 10.6. The molecule has 2 aromatic carbocycles. The van der Waals surface area contributed by atoms with E-state index in [1.165, 1.54) is 5.56 Å². The van der Waals surface area contributed by atoms with Crippen molar-refractivity contribution in [1.29, 1.82) is 0 Å². The Kier molecular flexibility index (Phi) is 7.34. The molecule has 1 amide bonds. The van der Waals surface area contributed by atoms with Gasteiger partial charge in [0.25, 0.3) is 5.91 Å². The number of carbonyl (C=O) groups excluding carboxylic acids is 1. The number of anilines is 1. The minimum atomic E-state index is -0.0677. The van der Waals surface area contributed by atoms with Crippen LogP contribution in [-0.4, -0.2) is 40.4 Å². The molecule has 0 fully saturated rings. The maximum atomic E-state index is 12.9. The summed E-state index contributed by atoms with van der Waals surface area (Å²) in [6, 6.07) is 22.0. The van der Waals surface area contributed by atoms with Crippen LogP contribution in [0.2, 0.25) is 0 Å². The quantitative estimate of drug-likeness (QED) is 0.541. The van der Waals surface area contributed by atoms with Gasteiger partial charge in [0.1, 0.15) is 11.5 Å². The molecule has 0 saturated heterocycles. The average molecular weight is 389 g/mol. The fraction of sp³-hybridized carbons (Fsp3) is 0.292. The number of nitrogens with zero attached hydrogens (tertiary/aromatic N) is 3. The average Bonchev–Trinajstić information content (AvgIpc) is 2.78. The van der Waals surface area contributed by atoms with Crippen LogP contribution in [0, 0.1) is 0 Å². The zero-order chi connectivity index (χ0) is 20.5. The topological polar surface area (TPSA) is 58.1 Å². The molecule has 0 radical (unpaired) electrons. The number of nitrogens with one attached hydrogen (secondary N) is 1. The Bertz CT molecular complexity index is 909. The Morgan fingerprint density at radius 2 is 1.59 bits per heavy atom. The van der Waals surface area contributed by atoms with Gasteiger partial charge in [-0.3, -0.25) is 4.79 Å². The number of benzene rings is 2. The summed E-state index contributed by atoms with van der Waals surface area (Å²) >= 11 is 0. The minimum absolute atomic E-state index is 0.0677. The van der Waals surface area contributed by atoms with Gasteiger partial charge in [0.2, 0.25) is 0 Å². The summed E-state index contributed by atoms with van der Waals surface area (Å²) in [5, 5.41) is 3.37. The van der Waals surface area contributed by atoms with Crippen LogP contribution in [0.25, 0.3) is 11.4 Å². The molecule has 0 aliphatic heterocycles. The van der Waals surface area contributed by atoms with Gasteiger partial charge in [-0.15, -0.1) is 0 Å². The van der Waals surface area contributed by atoms with Gasteiger partial charge in [-0.2, -0.15) is 0 Å². The van der Waals surface area contributed by atoms with Crippen LogP contribution in [0.5, 0.6) is 0 Å². The summed E-state index contributed by atoms with van der Waals surface area (Å²) in [6.07, 6.45) is 1.98. The summed E-state index contributed by atoms with van der Waals surface area (Å²) in [4.78, 5) is 23.8. The van der Waals surface area contributed by atoms with Crippen molar-refractivity contribution in [1.82, 2.24) is 14.9 Å². The van der Waals surface area contributed by atoms with Crippen molar-refractivity contribution in [2.75, 3.05) is 25.0 Å². The second-order valence-electron chi connectivity index (χ2n) is 6.82. The van der Waals surface area contributed by atoms with Crippen LogP contribution < -0.4 is 5.32 Å². The molecule has 29 heavy (non-hydrogen) atoms. The van der Waals surface area contributed by atoms with Gasteiger partial charge < -0.3 is 10.2 Å². The monoisotopic (exact) mass is 388 g/mol. The number of rotatable bonds is 9. The second kappa shape index (κ2) is 10.4. The van der Waals surface area contributed by atoms with E-state index in [4.69, 9.17) is 0 Å². The summed E-state index contributed by atoms with van der Waals surface area (Å²) in [6.45, 7) is 6.03. The highest BCUT2D eigenvalue weighted by Crippen LogP contribution is 2.19. The Balaban J connectivity index is 1.77. The zero-order valence-electron chi connectivity index (χ0n) is 17.1. The first kappa shape index (κ1) is 20.5. The molecule has 0 aliphatic rings. The largest absolute Gasteiger partial charge is 0.370 e. The fourth-order valence-corrected chi connectivity index (χ4v) is 3.19. The molecule has 5 heteroatoms. The highest BCUT2D eigenvalue weighted by atomic mass is 16.2. The predicted molar refractivity (Wildman–Crippen MR) is 118 cm³/mol. The van der Waals surface area contributed by atoms with Crippen molar-refractivity contribution in [3.8, 4) is 11.4 Å². The molecule has 0 bridgehead atoms. The SMILES string of the molecule is CCN(CC)C(=O)c1cc(NCCCc2ccccc2)nc(-c2ccccc2)n1. The highest BCUT2D eigenvalue weighted by Gasteiger charge is 2.17. The molecule has 5 nitrogen and oxygen atoms in total. The lowest BCUT2D eigenvalue weighted by Crippen LogP contribution is -2.31. The van der Waals surface area contributed by atoms with Crippen LogP contribution in [-0.2, 0) is 6.42 Å². The lowest BCUT2D eigenvalue weighted by molar-refractivity contribution is 0.0767. The molecule has 3 aromatic rings. The smallest absolute Gasteiger partial charge is 0.272 e. The third-order valence-electron chi connectivity index (χ3n) is 4.82. The van der Waals surface area contributed by atoms with E-state index in [1.54, 1.807) is 11.0 Å². The third-order valence-corrected chi connectivity index (χ3v) is 4.82. The van der Waals surface area contributed by atoms with Gasteiger partial charge >= 0.3 is 0 Å². The Hall–Kier alpha value is -3.21. The van der Waals surface area contributed by atoms with Crippen LogP contribution in [0.1, 0.15) is 36.3 Å². The third kappa shape index (κ3) is 5.64. The van der Waals surface area contributed by atoms with Crippen molar-refractivity contribution in [2.45, 2.75) is 26.7 Å². The van der Waals surface area contributed by atoms with Crippen LogP contribution >= 0.6 is 0 Å². The van der Waals surface area contributed by atoms with Crippen LogP contribution in [0.3, 0.4) is 0 Å². The number of amides is 1. The van der Waals surface area contributed by atoms with Crippen molar-refractivity contribution in [2.24, 2.45) is 0 Å². The lowest BCUT2D eigenvalue weighted by Gasteiger charge is -2.19. The van der Waals surface area contributed by atoms with E-state index in [9.17, 15) is 4.79 Å². The van der Waals surface area contributed by atoms with Gasteiger partial charge in [0.15, 0.2) is 5.82 Å². The van der Waals surface area contributed by atoms with Gasteiger partial charge in [-0.1, -0.05) is 60.7 Å². The molecule has 1 aromatic heterocycles. The first-order valence-electron chi connectivity index (χ1n) is 10.2. The molecular weight excluding hydrogens is 360 g/mol. The van der Waals surface area contributed by atoms with Crippen molar-refractivity contribution >= 4 is 11.7 Å². The van der Waals surface area contributed by atoms with E-state index >= 15 is 0 Å². The number of aromatic nitrogens is 2. The predicted octanol–water partition coefficient (Wildman–Crippen LogP) is 4.67. The van der Waals surface area contributed by atoms with E-state index in [0.29, 0.717) is 30.4 Å². The van der Waals surface area contributed by atoms with Gasteiger partial charge in [0.05, 0.1) is 0 Å².